The van der Waals surface area contributed by atoms with Gasteiger partial charge in [0.2, 0.25) is 0 Å². The number of thioether (sulfide) groups is 2. The summed E-state index contributed by atoms with van der Waals surface area (Å²) in [5, 5.41) is 32.5. The van der Waals surface area contributed by atoms with Gasteiger partial charge in [-0.3, -0.25) is 31.4 Å². The molecular weight excluding hydrogens is 404 g/mol. The van der Waals surface area contributed by atoms with E-state index in [1.54, 1.807) is 6.20 Å². The van der Waals surface area contributed by atoms with Gasteiger partial charge in [0.25, 0.3) is 0 Å². The van der Waals surface area contributed by atoms with Crippen molar-refractivity contribution in [3.63, 3.8) is 0 Å². The molecule has 2 aromatic rings. The lowest BCUT2D eigenvalue weighted by Crippen LogP contribution is -2.09. The molecule has 0 atom stereocenters. The second-order valence-corrected chi connectivity index (χ2v) is 8.75. The molecule has 0 saturated heterocycles. The van der Waals surface area contributed by atoms with Crippen LogP contribution in [0.2, 0.25) is 0 Å². The molecule has 9 heteroatoms. The Labute approximate surface area is 178 Å². The summed E-state index contributed by atoms with van der Waals surface area (Å²) in [4.78, 5) is 16.7. The van der Waals surface area contributed by atoms with Gasteiger partial charge in [0.15, 0.2) is 5.17 Å². The topological polar surface area (TPSA) is 151 Å². The van der Waals surface area contributed by atoms with E-state index < -0.39 is 0 Å². The average molecular weight is 429 g/mol. The minimum Gasteiger partial charge on any atom is -0.378 e. The number of pyridine rings is 1. The Balaban J connectivity index is 1.72. The highest BCUT2D eigenvalue weighted by Gasteiger charge is 2.12. The van der Waals surface area contributed by atoms with Crippen molar-refractivity contribution < 1.29 is 4.79 Å². The third-order valence-electron chi connectivity index (χ3n) is 4.02. The quantitative estimate of drug-likeness (QED) is 0.225. The largest absolute Gasteiger partial charge is 0.378 e. The zero-order valence-electron chi connectivity index (χ0n) is 16.0. The molecule has 0 fully saturated rings. The lowest BCUT2D eigenvalue weighted by molar-refractivity contribution is -0.117. The van der Waals surface area contributed by atoms with Crippen molar-refractivity contribution in [2.45, 2.75) is 38.5 Å². The SMILES string of the molecule is N=C(N)SC(=N)CCCCC(=N)SC(=N)CC(=O)Cc1cccc2ncccc12. The molecule has 0 bridgehead atoms. The van der Waals surface area contributed by atoms with Gasteiger partial charge in [-0.05, 0) is 55.1 Å². The van der Waals surface area contributed by atoms with Crippen LogP contribution < -0.4 is 5.73 Å². The first-order chi connectivity index (χ1) is 13.8. The van der Waals surface area contributed by atoms with Crippen LogP contribution in [0.1, 0.15) is 37.7 Å². The maximum absolute atomic E-state index is 12.4. The van der Waals surface area contributed by atoms with Crippen LogP contribution in [0.5, 0.6) is 0 Å². The highest BCUT2D eigenvalue weighted by atomic mass is 32.2. The number of nitrogens with two attached hydrogens (primary N) is 1. The number of Topliss-reactive ketones (excluding diaryl/α,β-unsaturated/α-hetero) is 1. The van der Waals surface area contributed by atoms with E-state index in [2.05, 4.69) is 4.98 Å². The van der Waals surface area contributed by atoms with Crippen molar-refractivity contribution in [3.05, 3.63) is 42.1 Å². The molecule has 0 spiro atoms. The number of ketones is 1. The first-order valence-electron chi connectivity index (χ1n) is 9.11. The lowest BCUT2D eigenvalue weighted by atomic mass is 10.0. The summed E-state index contributed by atoms with van der Waals surface area (Å²) in [6.07, 6.45) is 4.46. The summed E-state index contributed by atoms with van der Waals surface area (Å²) >= 11 is 1.97. The number of aromatic nitrogens is 1. The van der Waals surface area contributed by atoms with E-state index in [0.717, 1.165) is 52.8 Å². The summed E-state index contributed by atoms with van der Waals surface area (Å²) in [6.45, 7) is 0. The van der Waals surface area contributed by atoms with Crippen LogP contribution in [-0.2, 0) is 11.2 Å². The van der Waals surface area contributed by atoms with E-state index >= 15 is 0 Å². The van der Waals surface area contributed by atoms with Crippen LogP contribution in [0.15, 0.2) is 36.5 Å². The molecule has 0 radical (unpaired) electrons. The van der Waals surface area contributed by atoms with Crippen LogP contribution in [0.4, 0.5) is 0 Å². The Kier molecular flexibility index (Phi) is 9.01. The predicted octanol–water partition coefficient (Wildman–Crippen LogP) is 4.59. The Morgan fingerprint density at radius 1 is 0.931 bits per heavy atom. The number of benzene rings is 1. The van der Waals surface area contributed by atoms with Crippen LogP contribution in [-0.4, -0.2) is 31.1 Å². The number of nitrogens with one attached hydrogen (secondary N) is 4. The van der Waals surface area contributed by atoms with Gasteiger partial charge in [-0.15, -0.1) is 0 Å². The van der Waals surface area contributed by atoms with Gasteiger partial charge in [0.1, 0.15) is 5.78 Å². The molecule has 2 rings (SSSR count). The maximum atomic E-state index is 12.4. The first-order valence-corrected chi connectivity index (χ1v) is 10.7. The number of amidine groups is 1. The third-order valence-corrected chi connectivity index (χ3v) is 5.53. The molecule has 7 nitrogen and oxygen atoms in total. The fraction of sp³-hybridized carbons (Fsp3) is 0.300. The monoisotopic (exact) mass is 428 g/mol. The Morgan fingerprint density at radius 3 is 2.31 bits per heavy atom. The Morgan fingerprint density at radius 2 is 1.62 bits per heavy atom. The normalized spacial score (nSPS) is 10.6. The minimum atomic E-state index is -0.0869. The smallest absolute Gasteiger partial charge is 0.157 e. The van der Waals surface area contributed by atoms with Gasteiger partial charge in [-0.1, -0.05) is 30.0 Å². The minimum absolute atomic E-state index is 0.0175. The summed E-state index contributed by atoms with van der Waals surface area (Å²) < 4.78 is 0. The van der Waals surface area contributed by atoms with Gasteiger partial charge in [0, 0.05) is 18.0 Å². The number of hydrogen-bond acceptors (Lipinski definition) is 8. The van der Waals surface area contributed by atoms with Gasteiger partial charge in [-0.2, -0.15) is 0 Å². The highest BCUT2D eigenvalue weighted by Crippen LogP contribution is 2.19. The molecule has 0 saturated carbocycles. The van der Waals surface area contributed by atoms with E-state index in [0.29, 0.717) is 22.9 Å². The molecule has 1 heterocycles. The fourth-order valence-electron chi connectivity index (χ4n) is 2.77. The van der Waals surface area contributed by atoms with Gasteiger partial charge in [0.05, 0.1) is 27.1 Å². The van der Waals surface area contributed by atoms with Crippen molar-refractivity contribution in [1.82, 2.24) is 4.98 Å². The standard InChI is InChI=1S/C20H24N6OS2/c21-17(8-1-2-9-18(22)29-20(24)25)28-19(23)12-14(27)11-13-5-3-7-16-15(13)6-4-10-26-16/h3-7,10,21-23H,1-2,8-9,11-12H2,(H3,24,25). The lowest BCUT2D eigenvalue weighted by Gasteiger charge is -2.07. The van der Waals surface area contributed by atoms with E-state index in [1.807, 2.05) is 30.3 Å². The Bertz CT molecular complexity index is 938. The summed E-state index contributed by atoms with van der Waals surface area (Å²) in [6, 6.07) is 9.47. The van der Waals surface area contributed by atoms with Gasteiger partial charge in [-0.25, -0.2) is 0 Å². The van der Waals surface area contributed by atoms with Crippen LogP contribution in [0.25, 0.3) is 10.9 Å². The highest BCUT2D eigenvalue weighted by molar-refractivity contribution is 8.26. The van der Waals surface area contributed by atoms with Crippen molar-refractivity contribution in [3.8, 4) is 0 Å². The number of carbonyl (C=O) groups excluding carboxylic acids is 1. The number of carbonyl (C=O) groups is 1. The maximum Gasteiger partial charge on any atom is 0.157 e. The fourth-order valence-corrected chi connectivity index (χ4v) is 4.05. The van der Waals surface area contributed by atoms with E-state index in [9.17, 15) is 4.79 Å². The predicted molar refractivity (Wildman–Crippen MR) is 124 cm³/mol. The number of hydrogen-bond donors (Lipinski definition) is 5. The van der Waals surface area contributed by atoms with Crippen LogP contribution >= 0.6 is 23.5 Å². The number of nitrogens with zero attached hydrogens (tertiary/aromatic N) is 1. The molecular formula is C20H24N6OS2. The first kappa shape index (κ1) is 22.8. The van der Waals surface area contributed by atoms with Crippen molar-refractivity contribution in [1.29, 1.82) is 21.6 Å². The zero-order valence-corrected chi connectivity index (χ0v) is 17.6. The number of fused-ring (bicyclic) bond motifs is 1. The van der Waals surface area contributed by atoms with Gasteiger partial charge < -0.3 is 5.73 Å². The Hall–Kier alpha value is -2.52. The molecule has 6 N–H and O–H groups in total. The molecule has 0 unspecified atom stereocenters. The second-order valence-electron chi connectivity index (χ2n) is 6.42. The number of unbranched alkanes of at least 4 members (excludes halogenated alkanes) is 1. The summed E-state index contributed by atoms with van der Waals surface area (Å²) in [5.74, 6) is -0.0543. The van der Waals surface area contributed by atoms with Gasteiger partial charge >= 0.3 is 0 Å². The molecule has 0 aliphatic heterocycles. The average Bonchev–Trinajstić information content (AvgIpc) is 2.64. The van der Waals surface area contributed by atoms with E-state index in [1.165, 1.54) is 0 Å². The van der Waals surface area contributed by atoms with Crippen molar-refractivity contribution in [2.75, 3.05) is 0 Å². The molecule has 1 aromatic carbocycles. The molecule has 1 aromatic heterocycles. The zero-order chi connectivity index (χ0) is 21.2. The second kappa shape index (κ2) is 11.5. The molecule has 0 aliphatic carbocycles. The van der Waals surface area contributed by atoms with E-state index in [-0.39, 0.29) is 28.8 Å². The summed E-state index contributed by atoms with van der Waals surface area (Å²) in [5.41, 5.74) is 6.98. The molecule has 152 valence electrons. The van der Waals surface area contributed by atoms with Crippen molar-refractivity contribution in [2.24, 2.45) is 5.73 Å². The number of rotatable bonds is 9. The molecule has 0 aliphatic rings. The van der Waals surface area contributed by atoms with Crippen molar-refractivity contribution >= 4 is 60.5 Å². The van der Waals surface area contributed by atoms with Crippen LogP contribution in [0, 0.1) is 21.6 Å². The molecule has 29 heavy (non-hydrogen) atoms. The molecule has 0 amide bonds. The third kappa shape index (κ3) is 8.16. The van der Waals surface area contributed by atoms with E-state index in [4.69, 9.17) is 27.4 Å². The van der Waals surface area contributed by atoms with Crippen LogP contribution in [0.3, 0.4) is 0 Å². The summed E-state index contributed by atoms with van der Waals surface area (Å²) in [7, 11) is 0.